The second-order valence-electron chi connectivity index (χ2n) is 18.0. The van der Waals surface area contributed by atoms with Gasteiger partial charge in [0, 0.05) is 55.8 Å². The lowest BCUT2D eigenvalue weighted by Crippen LogP contribution is -2.67. The molecule has 0 N–H and O–H groups in total. The third-order valence-corrected chi connectivity index (χ3v) is 16.2. The summed E-state index contributed by atoms with van der Waals surface area (Å²) in [5.41, 5.74) is 2.35. The van der Waals surface area contributed by atoms with Gasteiger partial charge in [-0.25, -0.2) is 0 Å². The molecular formula is C40H57N3O4. The van der Waals surface area contributed by atoms with Crippen LogP contribution in [0.1, 0.15) is 106 Å². The van der Waals surface area contributed by atoms with Crippen LogP contribution in [0.3, 0.4) is 0 Å². The van der Waals surface area contributed by atoms with Gasteiger partial charge in [0.05, 0.1) is 10.3 Å². The van der Waals surface area contributed by atoms with Crippen LogP contribution in [-0.2, 0) is 9.59 Å². The third kappa shape index (κ3) is 4.49. The molecule has 1 aliphatic heterocycles. The number of nitro benzene ring substituents is 1. The van der Waals surface area contributed by atoms with Crippen LogP contribution in [0.25, 0.3) is 0 Å². The number of piperazine rings is 1. The Hall–Kier alpha value is -2.70. The molecule has 5 aliphatic carbocycles. The summed E-state index contributed by atoms with van der Waals surface area (Å²) in [6.07, 6.45) is 10.6. The van der Waals surface area contributed by atoms with Gasteiger partial charge in [-0.3, -0.25) is 19.7 Å². The maximum absolute atomic E-state index is 14.9. The van der Waals surface area contributed by atoms with E-state index in [2.05, 4.69) is 57.9 Å². The van der Waals surface area contributed by atoms with Gasteiger partial charge in [0.25, 0.3) is 5.69 Å². The average molecular weight is 644 g/mol. The van der Waals surface area contributed by atoms with E-state index < -0.39 is 0 Å². The molecule has 47 heavy (non-hydrogen) atoms. The Labute approximate surface area is 282 Å². The second-order valence-corrected chi connectivity index (χ2v) is 18.0. The van der Waals surface area contributed by atoms with Crippen molar-refractivity contribution < 1.29 is 14.5 Å². The number of nitro groups is 1. The van der Waals surface area contributed by atoms with E-state index in [4.69, 9.17) is 0 Å². The first kappa shape index (κ1) is 32.8. The van der Waals surface area contributed by atoms with Gasteiger partial charge < -0.3 is 9.80 Å². The van der Waals surface area contributed by atoms with Crippen LogP contribution in [0.4, 0.5) is 11.4 Å². The number of benzene rings is 1. The van der Waals surface area contributed by atoms with Crippen molar-refractivity contribution in [2.75, 3.05) is 31.1 Å². The Balaban J connectivity index is 1.15. The number of carbonyl (C=O) groups excluding carboxylic acids is 2. The van der Waals surface area contributed by atoms with Crippen molar-refractivity contribution in [3.63, 3.8) is 0 Å². The summed E-state index contributed by atoms with van der Waals surface area (Å²) in [5, 5.41) is 11.1. The topological polar surface area (TPSA) is 83.8 Å². The molecule has 7 rings (SSSR count). The quantitative estimate of drug-likeness (QED) is 0.187. The lowest BCUT2D eigenvalue weighted by Gasteiger charge is -2.72. The van der Waals surface area contributed by atoms with Crippen LogP contribution in [0, 0.1) is 66.8 Å². The molecule has 0 spiro atoms. The molecule has 256 valence electrons. The molecule has 1 heterocycles. The van der Waals surface area contributed by atoms with E-state index in [1.165, 1.54) is 24.8 Å². The van der Waals surface area contributed by atoms with E-state index in [0.717, 1.165) is 63.7 Å². The lowest BCUT2D eigenvalue weighted by atomic mass is 9.32. The highest BCUT2D eigenvalue weighted by Gasteiger charge is 2.72. The second kappa shape index (κ2) is 10.9. The van der Waals surface area contributed by atoms with Gasteiger partial charge in [0.1, 0.15) is 5.78 Å². The van der Waals surface area contributed by atoms with E-state index in [0.29, 0.717) is 54.4 Å². The van der Waals surface area contributed by atoms with Gasteiger partial charge in [-0.05, 0) is 123 Å². The largest absolute Gasteiger partial charge is 0.368 e. The fourth-order valence-electron chi connectivity index (χ4n) is 13.6. The van der Waals surface area contributed by atoms with E-state index in [1.54, 1.807) is 12.1 Å². The molecule has 9 atom stereocenters. The number of non-ortho nitro benzene ring substituents is 1. The van der Waals surface area contributed by atoms with Crippen molar-refractivity contribution >= 4 is 23.1 Å². The minimum Gasteiger partial charge on any atom is -0.368 e. The molecule has 7 nitrogen and oxygen atoms in total. The molecule has 6 fully saturated rings. The van der Waals surface area contributed by atoms with Crippen molar-refractivity contribution in [2.45, 2.75) is 106 Å². The highest BCUT2D eigenvalue weighted by atomic mass is 16.6. The van der Waals surface area contributed by atoms with Gasteiger partial charge in [0.2, 0.25) is 5.91 Å². The monoisotopic (exact) mass is 643 g/mol. The molecular weight excluding hydrogens is 586 g/mol. The van der Waals surface area contributed by atoms with Crippen molar-refractivity contribution in [3.05, 3.63) is 46.5 Å². The molecule has 1 saturated heterocycles. The molecule has 0 aromatic heterocycles. The molecule has 1 aromatic carbocycles. The smallest absolute Gasteiger partial charge is 0.269 e. The Bertz CT molecular complexity index is 1480. The van der Waals surface area contributed by atoms with Crippen LogP contribution in [0.15, 0.2) is 36.4 Å². The van der Waals surface area contributed by atoms with Crippen molar-refractivity contribution in [2.24, 2.45) is 56.7 Å². The summed E-state index contributed by atoms with van der Waals surface area (Å²) < 4.78 is 0. The molecule has 0 unspecified atom stereocenters. The van der Waals surface area contributed by atoms with E-state index in [-0.39, 0.29) is 37.7 Å². The normalized spacial score (nSPS) is 42.5. The zero-order valence-corrected chi connectivity index (χ0v) is 29.8. The van der Waals surface area contributed by atoms with Crippen molar-refractivity contribution in [1.29, 1.82) is 0 Å². The Morgan fingerprint density at radius 1 is 0.851 bits per heavy atom. The molecule has 5 saturated carbocycles. The summed E-state index contributed by atoms with van der Waals surface area (Å²) in [6.45, 7) is 21.9. The van der Waals surface area contributed by atoms with Crippen LogP contribution >= 0.6 is 0 Å². The first-order chi connectivity index (χ1) is 22.1. The summed E-state index contributed by atoms with van der Waals surface area (Å²) in [4.78, 5) is 43.3. The van der Waals surface area contributed by atoms with Gasteiger partial charge >= 0.3 is 0 Å². The maximum atomic E-state index is 14.9. The molecule has 0 radical (unpaired) electrons. The zero-order valence-electron chi connectivity index (χ0n) is 29.8. The summed E-state index contributed by atoms with van der Waals surface area (Å²) in [5.74, 6) is 3.15. The summed E-state index contributed by atoms with van der Waals surface area (Å²) >= 11 is 0. The Morgan fingerprint density at radius 2 is 1.53 bits per heavy atom. The third-order valence-electron chi connectivity index (χ3n) is 16.2. The minimum absolute atomic E-state index is 0.105. The fraction of sp³-hybridized carbons (Fsp3) is 0.750. The number of allylic oxidation sites excluding steroid dienone is 1. The van der Waals surface area contributed by atoms with E-state index in [1.807, 2.05) is 12.1 Å². The number of nitrogens with zero attached hydrogens (tertiary/aromatic N) is 3. The van der Waals surface area contributed by atoms with E-state index in [9.17, 15) is 19.7 Å². The van der Waals surface area contributed by atoms with Gasteiger partial charge in [0.15, 0.2) is 0 Å². The SMILES string of the molecule is C=C(C)[C@@H]1CC[C@]2(C(=O)N3CCN(c4ccc([N+](=O)[O-])cc4)CC3)CC[C@]3(C)[C@H](CC[C@@H]4[C@@]5(C)CCC(=O)C(C)(C)[C@@H]5CC[C@]43C)[C@@H]12. The number of rotatable bonds is 4. The van der Waals surface area contributed by atoms with Gasteiger partial charge in [-0.2, -0.15) is 0 Å². The number of hydrogen-bond donors (Lipinski definition) is 0. The predicted molar refractivity (Wildman–Crippen MR) is 186 cm³/mol. The first-order valence-corrected chi connectivity index (χ1v) is 18.6. The number of hydrogen-bond acceptors (Lipinski definition) is 5. The molecule has 7 heteroatoms. The molecule has 0 bridgehead atoms. The minimum atomic E-state index is -0.359. The number of carbonyl (C=O) groups is 2. The number of anilines is 1. The van der Waals surface area contributed by atoms with Crippen LogP contribution < -0.4 is 4.90 Å². The predicted octanol–water partition coefficient (Wildman–Crippen LogP) is 8.47. The average Bonchev–Trinajstić information content (AvgIpc) is 3.44. The van der Waals surface area contributed by atoms with Crippen molar-refractivity contribution in [1.82, 2.24) is 4.90 Å². The van der Waals surface area contributed by atoms with Gasteiger partial charge in [-0.1, -0.05) is 46.8 Å². The maximum Gasteiger partial charge on any atom is 0.269 e. The Kier molecular flexibility index (Phi) is 7.61. The summed E-state index contributed by atoms with van der Waals surface area (Å²) in [7, 11) is 0. The molecule has 6 aliphatic rings. The summed E-state index contributed by atoms with van der Waals surface area (Å²) in [6, 6.07) is 6.81. The Morgan fingerprint density at radius 3 is 2.17 bits per heavy atom. The highest BCUT2D eigenvalue weighted by Crippen LogP contribution is 2.77. The standard InChI is InChI=1S/C40H57N3O4/c1-26(2)29-14-19-40(35(45)42-24-22-41(23-25-42)27-8-10-28(11-9-27)43(46)47)21-20-38(6)30(34(29)40)12-13-32-37(5)17-16-33(44)36(3,4)31(37)15-18-39(32,38)7/h8-11,29-32,34H,1,12-25H2,2-7H3/t29-,30+,31-,32+,34+,37-,38+,39+,40-/m0/s1. The van der Waals surface area contributed by atoms with Crippen LogP contribution in [-0.4, -0.2) is 47.7 Å². The fourth-order valence-corrected chi connectivity index (χ4v) is 13.6. The number of ketones is 1. The lowest BCUT2D eigenvalue weighted by molar-refractivity contribution is -0.384. The van der Waals surface area contributed by atoms with E-state index >= 15 is 0 Å². The highest BCUT2D eigenvalue weighted by molar-refractivity contribution is 5.86. The zero-order chi connectivity index (χ0) is 33.7. The van der Waals surface area contributed by atoms with Gasteiger partial charge in [-0.15, -0.1) is 0 Å². The number of fused-ring (bicyclic) bond motifs is 7. The first-order valence-electron chi connectivity index (χ1n) is 18.6. The number of amides is 1. The molecule has 1 amide bonds. The number of Topliss-reactive ketones (excluding diaryl/α,β-unsaturated/α-hetero) is 1. The van der Waals surface area contributed by atoms with Crippen LogP contribution in [0.5, 0.6) is 0 Å². The van der Waals surface area contributed by atoms with Crippen LogP contribution in [0.2, 0.25) is 0 Å². The molecule has 1 aromatic rings. The van der Waals surface area contributed by atoms with Crippen molar-refractivity contribution in [3.8, 4) is 0 Å².